The van der Waals surface area contributed by atoms with E-state index in [2.05, 4.69) is 57.2 Å². The normalized spacial score (nSPS) is 12.0. The number of aryl methyl sites for hydroxylation is 3. The number of hydrogen-bond donors (Lipinski definition) is 1. The molecule has 6 heteroatoms. The van der Waals surface area contributed by atoms with Crippen LogP contribution in [-0.2, 0) is 24.9 Å². The standard InChI is InChI=1S/C21H15N2S.C5H8O2.Ir/c1-11-7-8-16-18-17(11)13(3)10-22-20(18)15-9-14-6-4-5-12(2)19(14)23-21(15)24-16;1-4(6)3-5(2)7;/h4-8,10H,1-3H3;3,6H,1-2H3;/q-1;;/b;4-3-;. The van der Waals surface area contributed by atoms with Crippen LogP contribution >= 0.6 is 11.8 Å². The van der Waals surface area contributed by atoms with Crippen molar-refractivity contribution >= 4 is 39.2 Å². The van der Waals surface area contributed by atoms with Crippen molar-refractivity contribution in [3.05, 3.63) is 71.1 Å². The first kappa shape index (κ1) is 24.1. The maximum Gasteiger partial charge on any atom is 0.155 e. The number of rotatable bonds is 1. The van der Waals surface area contributed by atoms with Crippen LogP contribution in [0.15, 0.2) is 58.3 Å². The number of aromatic nitrogens is 2. The predicted molar refractivity (Wildman–Crippen MR) is 127 cm³/mol. The largest absolute Gasteiger partial charge is 0.512 e. The Morgan fingerprint density at radius 3 is 2.44 bits per heavy atom. The molecule has 4 nitrogen and oxygen atoms in total. The van der Waals surface area contributed by atoms with Gasteiger partial charge in [0.2, 0.25) is 0 Å². The van der Waals surface area contributed by atoms with Crippen LogP contribution in [0.5, 0.6) is 0 Å². The number of aliphatic hydroxyl groups excluding tert-OH is 1. The Balaban J connectivity index is 0.000000318. The molecule has 0 spiro atoms. The van der Waals surface area contributed by atoms with Crippen LogP contribution in [0.25, 0.3) is 32.9 Å². The fraction of sp³-hybridized carbons (Fsp3) is 0.192. The number of carbonyl (C=O) groups excluding carboxylic acids is 1. The van der Waals surface area contributed by atoms with E-state index in [1.807, 2.05) is 6.20 Å². The van der Waals surface area contributed by atoms with Crippen molar-refractivity contribution in [3.8, 4) is 11.3 Å². The molecule has 1 aliphatic rings. The van der Waals surface area contributed by atoms with Gasteiger partial charge in [0, 0.05) is 48.0 Å². The van der Waals surface area contributed by atoms with Crippen molar-refractivity contribution in [3.63, 3.8) is 0 Å². The molecular weight excluding hydrogens is 597 g/mol. The van der Waals surface area contributed by atoms with Crippen molar-refractivity contribution in [1.29, 1.82) is 0 Å². The molecule has 0 saturated heterocycles. The van der Waals surface area contributed by atoms with E-state index in [1.165, 1.54) is 52.3 Å². The second kappa shape index (κ2) is 9.53. The monoisotopic (exact) mass is 620 g/mol. The first-order chi connectivity index (χ1) is 14.8. The molecule has 0 fully saturated rings. The van der Waals surface area contributed by atoms with Gasteiger partial charge in [-0.25, -0.2) is 0 Å². The number of hydrogen-bond acceptors (Lipinski definition) is 5. The van der Waals surface area contributed by atoms with Crippen LogP contribution in [0.2, 0.25) is 0 Å². The first-order valence-corrected chi connectivity index (χ1v) is 10.9. The zero-order valence-electron chi connectivity index (χ0n) is 18.5. The molecule has 1 radical (unpaired) electrons. The fourth-order valence-electron chi connectivity index (χ4n) is 3.88. The van der Waals surface area contributed by atoms with Gasteiger partial charge in [0.1, 0.15) is 0 Å². The average Bonchev–Trinajstić information content (AvgIpc) is 2.70. The Bertz CT molecular complexity index is 1380. The summed E-state index contributed by atoms with van der Waals surface area (Å²) in [6.45, 7) is 9.25. The number of pyridine rings is 2. The Hall–Kier alpha value is -2.53. The third-order valence-electron chi connectivity index (χ3n) is 5.17. The summed E-state index contributed by atoms with van der Waals surface area (Å²) >= 11 is 1.73. The fourth-order valence-corrected chi connectivity index (χ4v) is 4.91. The third-order valence-corrected chi connectivity index (χ3v) is 6.22. The minimum atomic E-state index is -0.125. The van der Waals surface area contributed by atoms with E-state index < -0.39 is 0 Å². The summed E-state index contributed by atoms with van der Waals surface area (Å²) in [6, 6.07) is 14.2. The Morgan fingerprint density at radius 1 is 1.03 bits per heavy atom. The van der Waals surface area contributed by atoms with Gasteiger partial charge in [-0.3, -0.25) is 9.78 Å². The number of fused-ring (bicyclic) bond motifs is 3. The SMILES string of the molecule is CC(=O)/C=C(/C)O.Cc1cccc2[c-]c3c(nc12)Sc1ccc(C)c2c(C)cnc-3c12.[Ir]. The zero-order valence-corrected chi connectivity index (χ0v) is 21.7. The second-order valence-electron chi connectivity index (χ2n) is 7.81. The molecule has 1 N–H and O–H groups in total. The van der Waals surface area contributed by atoms with Crippen molar-refractivity contribution < 1.29 is 30.0 Å². The van der Waals surface area contributed by atoms with Crippen LogP contribution in [0.1, 0.15) is 30.5 Å². The van der Waals surface area contributed by atoms with E-state index in [-0.39, 0.29) is 31.6 Å². The Morgan fingerprint density at radius 2 is 1.78 bits per heavy atom. The maximum atomic E-state index is 10.0. The number of nitrogens with zero attached hydrogens (tertiary/aromatic N) is 2. The first-order valence-electron chi connectivity index (χ1n) is 10.0. The summed E-state index contributed by atoms with van der Waals surface area (Å²) in [6.07, 6.45) is 3.14. The molecule has 2 aromatic carbocycles. The molecule has 4 aromatic rings. The third kappa shape index (κ3) is 4.49. The van der Waals surface area contributed by atoms with Gasteiger partial charge in [0.05, 0.1) is 5.76 Å². The smallest absolute Gasteiger partial charge is 0.155 e. The van der Waals surface area contributed by atoms with Crippen LogP contribution in [-0.4, -0.2) is 20.9 Å². The number of aliphatic hydroxyl groups is 1. The number of allylic oxidation sites excluding steroid dienone is 2. The number of benzene rings is 2. The summed E-state index contributed by atoms with van der Waals surface area (Å²) in [5.74, 6) is -0.0625. The van der Waals surface area contributed by atoms with E-state index in [9.17, 15) is 4.79 Å². The van der Waals surface area contributed by atoms with Crippen LogP contribution < -0.4 is 0 Å². The number of ketones is 1. The molecule has 0 unspecified atom stereocenters. The van der Waals surface area contributed by atoms with Crippen molar-refractivity contribution in [2.75, 3.05) is 0 Å². The zero-order chi connectivity index (χ0) is 22.3. The average molecular weight is 620 g/mol. The quantitative estimate of drug-likeness (QED) is 0.129. The van der Waals surface area contributed by atoms with Gasteiger partial charge in [-0.15, -0.1) is 23.9 Å². The van der Waals surface area contributed by atoms with Crippen molar-refractivity contribution in [1.82, 2.24) is 9.97 Å². The van der Waals surface area contributed by atoms with Gasteiger partial charge in [0.25, 0.3) is 0 Å². The van der Waals surface area contributed by atoms with Crippen molar-refractivity contribution in [2.45, 2.75) is 44.5 Å². The summed E-state index contributed by atoms with van der Waals surface area (Å²) in [4.78, 5) is 21.0. The summed E-state index contributed by atoms with van der Waals surface area (Å²) in [5, 5.41) is 13.0. The molecular formula is C26H23IrN2O2S-. The molecule has 5 rings (SSSR count). The number of para-hydroxylation sites is 1. The van der Waals surface area contributed by atoms with Gasteiger partial charge < -0.3 is 10.1 Å². The second-order valence-corrected chi connectivity index (χ2v) is 8.84. The topological polar surface area (TPSA) is 63.1 Å². The molecule has 0 amide bonds. The Kier molecular flexibility index (Phi) is 7.19. The van der Waals surface area contributed by atoms with E-state index >= 15 is 0 Å². The minimum Gasteiger partial charge on any atom is -0.512 e. The van der Waals surface area contributed by atoms with Gasteiger partial charge >= 0.3 is 0 Å². The minimum absolute atomic E-state index is 0. The van der Waals surface area contributed by atoms with E-state index in [0.29, 0.717) is 0 Å². The maximum absolute atomic E-state index is 10.0. The molecule has 0 bridgehead atoms. The van der Waals surface area contributed by atoms with Crippen molar-refractivity contribution in [2.24, 2.45) is 0 Å². The number of carbonyl (C=O) groups is 1. The summed E-state index contributed by atoms with van der Waals surface area (Å²) in [7, 11) is 0. The molecule has 0 atom stereocenters. The van der Waals surface area contributed by atoms with E-state index in [4.69, 9.17) is 15.1 Å². The van der Waals surface area contributed by atoms with Gasteiger partial charge in [-0.2, -0.15) is 0 Å². The molecule has 0 saturated carbocycles. The molecule has 0 aliphatic carbocycles. The predicted octanol–water partition coefficient (Wildman–Crippen LogP) is 6.67. The van der Waals surface area contributed by atoms with Gasteiger partial charge in [-0.1, -0.05) is 34.7 Å². The van der Waals surface area contributed by atoms with Crippen LogP contribution in [0.4, 0.5) is 0 Å². The van der Waals surface area contributed by atoms with Crippen LogP contribution in [0.3, 0.4) is 0 Å². The van der Waals surface area contributed by atoms with E-state index in [0.717, 1.165) is 27.2 Å². The summed E-state index contributed by atoms with van der Waals surface area (Å²) < 4.78 is 0. The van der Waals surface area contributed by atoms with Crippen LogP contribution in [0, 0.1) is 26.8 Å². The Labute approximate surface area is 205 Å². The van der Waals surface area contributed by atoms with E-state index in [1.54, 1.807) is 11.8 Å². The van der Waals surface area contributed by atoms with Gasteiger partial charge in [0.15, 0.2) is 5.78 Å². The molecule has 1 aliphatic heterocycles. The molecule has 2 aromatic heterocycles. The molecule has 32 heavy (non-hydrogen) atoms. The summed E-state index contributed by atoms with van der Waals surface area (Å²) in [5.41, 5.74) is 6.77. The molecule has 3 heterocycles. The van der Waals surface area contributed by atoms with Gasteiger partial charge in [-0.05, 0) is 68.1 Å². The molecule has 165 valence electrons.